The molecule has 168 valence electrons. The van der Waals surface area contributed by atoms with Crippen LogP contribution in [0.1, 0.15) is 36.0 Å². The second-order valence-electron chi connectivity index (χ2n) is 8.03. The van der Waals surface area contributed by atoms with Crippen LogP contribution in [-0.2, 0) is 21.4 Å². The van der Waals surface area contributed by atoms with Gasteiger partial charge in [-0.1, -0.05) is 12.8 Å². The van der Waals surface area contributed by atoms with Crippen molar-refractivity contribution in [1.82, 2.24) is 15.1 Å². The van der Waals surface area contributed by atoms with E-state index in [1.165, 1.54) is 22.6 Å². The molecule has 2 aliphatic heterocycles. The molecule has 2 N–H and O–H groups in total. The highest BCUT2D eigenvalue weighted by Crippen LogP contribution is 2.42. The molecule has 32 heavy (non-hydrogen) atoms. The SMILES string of the molecule is O=C(Cn1cc(NC(=O)c2ccc3c(c2)SC2=NS(=O)(=O)CCN23)cn1)NC1CCCC1. The van der Waals surface area contributed by atoms with E-state index in [9.17, 15) is 18.0 Å². The molecule has 1 aromatic heterocycles. The summed E-state index contributed by atoms with van der Waals surface area (Å²) in [6.45, 7) is 0.447. The normalized spacial score (nSPS) is 19.2. The van der Waals surface area contributed by atoms with Crippen molar-refractivity contribution in [2.75, 3.05) is 22.5 Å². The minimum absolute atomic E-state index is 0.0264. The van der Waals surface area contributed by atoms with Crippen molar-refractivity contribution in [3.05, 3.63) is 36.2 Å². The Morgan fingerprint density at radius 2 is 2.03 bits per heavy atom. The molecule has 1 saturated carbocycles. The van der Waals surface area contributed by atoms with Crippen LogP contribution in [0.4, 0.5) is 11.4 Å². The Hall–Kier alpha value is -2.86. The van der Waals surface area contributed by atoms with Crippen LogP contribution in [0.5, 0.6) is 0 Å². The summed E-state index contributed by atoms with van der Waals surface area (Å²) in [6.07, 6.45) is 7.46. The monoisotopic (exact) mass is 474 g/mol. The lowest BCUT2D eigenvalue weighted by Gasteiger charge is -2.22. The summed E-state index contributed by atoms with van der Waals surface area (Å²) in [4.78, 5) is 27.5. The van der Waals surface area contributed by atoms with Crippen LogP contribution >= 0.6 is 11.8 Å². The average Bonchev–Trinajstić information content (AvgIpc) is 3.46. The van der Waals surface area contributed by atoms with Crippen molar-refractivity contribution in [3.8, 4) is 0 Å². The maximum absolute atomic E-state index is 12.7. The molecule has 0 spiro atoms. The van der Waals surface area contributed by atoms with Crippen LogP contribution in [0, 0.1) is 0 Å². The van der Waals surface area contributed by atoms with Gasteiger partial charge in [-0.05, 0) is 42.8 Å². The molecule has 0 bridgehead atoms. The minimum Gasteiger partial charge on any atom is -0.352 e. The van der Waals surface area contributed by atoms with E-state index >= 15 is 0 Å². The van der Waals surface area contributed by atoms with Crippen LogP contribution in [-0.4, -0.2) is 53.5 Å². The molecule has 10 nitrogen and oxygen atoms in total. The van der Waals surface area contributed by atoms with Gasteiger partial charge in [-0.2, -0.15) is 5.10 Å². The highest BCUT2D eigenvalue weighted by Gasteiger charge is 2.33. The summed E-state index contributed by atoms with van der Waals surface area (Å²) in [5, 5.41) is 10.4. The van der Waals surface area contributed by atoms with Gasteiger partial charge in [0.15, 0.2) is 5.17 Å². The average molecular weight is 475 g/mol. The van der Waals surface area contributed by atoms with E-state index in [0.29, 0.717) is 23.0 Å². The Kier molecular flexibility index (Phi) is 5.41. The van der Waals surface area contributed by atoms with Crippen LogP contribution in [0.3, 0.4) is 0 Å². The van der Waals surface area contributed by atoms with E-state index in [2.05, 4.69) is 20.1 Å². The predicted molar refractivity (Wildman–Crippen MR) is 121 cm³/mol. The van der Waals surface area contributed by atoms with Crippen molar-refractivity contribution in [2.24, 2.45) is 4.40 Å². The zero-order valence-electron chi connectivity index (χ0n) is 17.2. The molecule has 3 aliphatic rings. The van der Waals surface area contributed by atoms with Crippen molar-refractivity contribution in [3.63, 3.8) is 0 Å². The second kappa shape index (κ2) is 8.24. The van der Waals surface area contributed by atoms with E-state index in [4.69, 9.17) is 0 Å². The Morgan fingerprint density at radius 3 is 2.84 bits per heavy atom. The van der Waals surface area contributed by atoms with E-state index in [1.54, 1.807) is 24.4 Å². The molecule has 0 unspecified atom stereocenters. The Bertz CT molecular complexity index is 1220. The maximum Gasteiger partial charge on any atom is 0.257 e. The third kappa shape index (κ3) is 4.37. The molecule has 0 atom stereocenters. The highest BCUT2D eigenvalue weighted by atomic mass is 32.2. The topological polar surface area (TPSA) is 126 Å². The first kappa shape index (κ1) is 21.0. The number of hydrogen-bond donors (Lipinski definition) is 2. The number of fused-ring (bicyclic) bond motifs is 3. The van der Waals surface area contributed by atoms with Crippen LogP contribution < -0.4 is 15.5 Å². The number of nitrogens with zero attached hydrogens (tertiary/aromatic N) is 4. The number of carbonyl (C=O) groups excluding carboxylic acids is 2. The minimum atomic E-state index is -3.43. The molecule has 2 amide bonds. The first-order valence-corrected chi connectivity index (χ1v) is 12.8. The van der Waals surface area contributed by atoms with Gasteiger partial charge in [0.25, 0.3) is 15.9 Å². The van der Waals surface area contributed by atoms with Crippen molar-refractivity contribution in [2.45, 2.75) is 43.2 Å². The van der Waals surface area contributed by atoms with Crippen LogP contribution in [0.15, 0.2) is 39.9 Å². The fraction of sp³-hybridized carbons (Fsp3) is 0.400. The van der Waals surface area contributed by atoms with Crippen molar-refractivity contribution >= 4 is 50.1 Å². The second-order valence-corrected chi connectivity index (χ2v) is 10.8. The zero-order valence-corrected chi connectivity index (χ0v) is 18.8. The standard InChI is InChI=1S/C20H22N6O4S2/c27-18(22-14-3-1-2-4-14)12-25-11-15(10-21-25)23-19(28)13-5-6-16-17(9-13)31-20-24-32(29,30)8-7-26(16)20/h5-6,9-11,14H,1-4,7-8,12H2,(H,22,27)(H,23,28). The maximum atomic E-state index is 12.7. The van der Waals surface area contributed by atoms with Gasteiger partial charge in [0.1, 0.15) is 6.54 Å². The molecule has 1 aromatic carbocycles. The van der Waals surface area contributed by atoms with Gasteiger partial charge >= 0.3 is 0 Å². The number of amidine groups is 1. The van der Waals surface area contributed by atoms with Gasteiger partial charge in [-0.15, -0.1) is 4.40 Å². The van der Waals surface area contributed by atoms with E-state index in [-0.39, 0.29) is 30.2 Å². The summed E-state index contributed by atoms with van der Waals surface area (Å²) < 4.78 is 28.8. The number of carbonyl (C=O) groups is 2. The summed E-state index contributed by atoms with van der Waals surface area (Å²) in [5.41, 5.74) is 1.78. The molecule has 12 heteroatoms. The fourth-order valence-corrected chi connectivity index (χ4v) is 6.38. The highest BCUT2D eigenvalue weighted by molar-refractivity contribution is 8.15. The summed E-state index contributed by atoms with van der Waals surface area (Å²) in [5.74, 6) is -0.431. The van der Waals surface area contributed by atoms with Gasteiger partial charge in [0.2, 0.25) is 5.91 Å². The molecular weight excluding hydrogens is 452 g/mol. The molecule has 0 saturated heterocycles. The number of hydrogen-bond acceptors (Lipinski definition) is 7. The lowest BCUT2D eigenvalue weighted by Crippen LogP contribution is -2.35. The van der Waals surface area contributed by atoms with Gasteiger partial charge in [-0.3, -0.25) is 14.3 Å². The third-order valence-corrected chi connectivity index (χ3v) is 7.96. The fourth-order valence-electron chi connectivity index (χ4n) is 4.08. The number of nitrogens with one attached hydrogen (secondary N) is 2. The van der Waals surface area contributed by atoms with Gasteiger partial charge in [-0.25, -0.2) is 8.42 Å². The zero-order chi connectivity index (χ0) is 22.3. The third-order valence-electron chi connectivity index (χ3n) is 5.65. The Labute approximate surface area is 189 Å². The number of benzene rings is 1. The number of rotatable bonds is 5. The quantitative estimate of drug-likeness (QED) is 0.677. The van der Waals surface area contributed by atoms with Crippen LogP contribution in [0.25, 0.3) is 0 Å². The first-order chi connectivity index (χ1) is 15.4. The van der Waals surface area contributed by atoms with Gasteiger partial charge in [0, 0.05) is 29.2 Å². The van der Waals surface area contributed by atoms with Crippen molar-refractivity contribution < 1.29 is 18.0 Å². The lowest BCUT2D eigenvalue weighted by atomic mass is 10.2. The molecular formula is C20H22N6O4S2. The molecule has 1 aliphatic carbocycles. The smallest absolute Gasteiger partial charge is 0.257 e. The molecule has 2 aromatic rings. The van der Waals surface area contributed by atoms with Gasteiger partial charge < -0.3 is 15.5 Å². The number of sulfonamides is 1. The Morgan fingerprint density at radius 1 is 1.22 bits per heavy atom. The van der Waals surface area contributed by atoms with E-state index in [1.807, 2.05) is 4.90 Å². The number of aromatic nitrogens is 2. The van der Waals surface area contributed by atoms with E-state index in [0.717, 1.165) is 36.3 Å². The predicted octanol–water partition coefficient (Wildman–Crippen LogP) is 1.81. The summed E-state index contributed by atoms with van der Waals surface area (Å²) in [6, 6.07) is 5.47. The molecule has 1 fully saturated rings. The molecule has 5 rings (SSSR count). The number of anilines is 2. The van der Waals surface area contributed by atoms with Crippen molar-refractivity contribution in [1.29, 1.82) is 0 Å². The summed E-state index contributed by atoms with van der Waals surface area (Å²) >= 11 is 1.24. The molecule has 0 radical (unpaired) electrons. The first-order valence-electron chi connectivity index (χ1n) is 10.4. The lowest BCUT2D eigenvalue weighted by molar-refractivity contribution is -0.122. The molecule has 3 heterocycles. The Balaban J connectivity index is 1.23. The largest absolute Gasteiger partial charge is 0.352 e. The van der Waals surface area contributed by atoms with E-state index < -0.39 is 10.0 Å². The summed E-state index contributed by atoms with van der Waals surface area (Å²) in [7, 11) is -3.43. The number of amides is 2. The van der Waals surface area contributed by atoms with Crippen LogP contribution in [0.2, 0.25) is 0 Å². The number of thioether (sulfide) groups is 1. The van der Waals surface area contributed by atoms with Gasteiger partial charge in [0.05, 0.1) is 23.3 Å².